The van der Waals surface area contributed by atoms with Crippen LogP contribution in [0.4, 0.5) is 0 Å². The Morgan fingerprint density at radius 1 is 0.913 bits per heavy atom. The molecule has 0 N–H and O–H groups in total. The predicted molar refractivity (Wildman–Crippen MR) is 93.2 cm³/mol. The number of amides is 1. The lowest BCUT2D eigenvalue weighted by Crippen LogP contribution is -2.58. The van der Waals surface area contributed by atoms with E-state index < -0.39 is 0 Å². The van der Waals surface area contributed by atoms with Crippen molar-refractivity contribution >= 4 is 5.91 Å². The molecule has 2 unspecified atom stereocenters. The standard InChI is InChI=1S/C20H34N2O/c1-2-18-13-21-12-4-7-19(21)14-22(18)20(23)17-10-8-16(9-11-17)15-5-3-6-15/h15-19H,2-14H2,1H3. The first kappa shape index (κ1) is 15.9. The first-order chi connectivity index (χ1) is 11.3. The van der Waals surface area contributed by atoms with Crippen molar-refractivity contribution in [1.82, 2.24) is 9.80 Å². The molecule has 2 aliphatic heterocycles. The normalized spacial score (nSPS) is 39.1. The summed E-state index contributed by atoms with van der Waals surface area (Å²) in [5.41, 5.74) is 0. The SMILES string of the molecule is CCC1CN2CCCC2CN1C(=O)C1CCC(C2CCC2)CC1. The van der Waals surface area contributed by atoms with Crippen LogP contribution < -0.4 is 0 Å². The fraction of sp³-hybridized carbons (Fsp3) is 0.950. The van der Waals surface area contributed by atoms with E-state index in [1.54, 1.807) is 0 Å². The fourth-order valence-corrected chi connectivity index (χ4v) is 5.69. The Hall–Kier alpha value is -0.570. The summed E-state index contributed by atoms with van der Waals surface area (Å²) in [6.45, 7) is 5.66. The number of piperazine rings is 1. The molecule has 4 rings (SSSR count). The molecule has 0 aromatic carbocycles. The van der Waals surface area contributed by atoms with Crippen LogP contribution in [-0.4, -0.2) is 47.4 Å². The lowest BCUT2D eigenvalue weighted by molar-refractivity contribution is -0.143. The maximum atomic E-state index is 13.2. The van der Waals surface area contributed by atoms with Gasteiger partial charge in [0.05, 0.1) is 0 Å². The molecule has 2 aliphatic carbocycles. The minimum Gasteiger partial charge on any atom is -0.337 e. The van der Waals surface area contributed by atoms with E-state index in [-0.39, 0.29) is 0 Å². The number of carbonyl (C=O) groups is 1. The van der Waals surface area contributed by atoms with E-state index in [9.17, 15) is 4.79 Å². The molecule has 2 heterocycles. The van der Waals surface area contributed by atoms with Crippen molar-refractivity contribution in [3.05, 3.63) is 0 Å². The third kappa shape index (κ3) is 3.06. The molecule has 4 fully saturated rings. The molecule has 4 aliphatic rings. The van der Waals surface area contributed by atoms with Gasteiger partial charge in [0, 0.05) is 31.1 Å². The minimum absolute atomic E-state index is 0.341. The van der Waals surface area contributed by atoms with E-state index in [2.05, 4.69) is 16.7 Å². The molecule has 3 heteroatoms. The van der Waals surface area contributed by atoms with Gasteiger partial charge >= 0.3 is 0 Å². The predicted octanol–water partition coefficient (Wildman–Crippen LogP) is 3.68. The van der Waals surface area contributed by atoms with Crippen LogP contribution in [0.15, 0.2) is 0 Å². The van der Waals surface area contributed by atoms with Gasteiger partial charge in [-0.05, 0) is 63.3 Å². The zero-order valence-electron chi connectivity index (χ0n) is 14.9. The van der Waals surface area contributed by atoms with Crippen LogP contribution in [0.3, 0.4) is 0 Å². The number of carbonyl (C=O) groups excluding carboxylic acids is 1. The van der Waals surface area contributed by atoms with E-state index in [4.69, 9.17) is 0 Å². The van der Waals surface area contributed by atoms with Crippen molar-refractivity contribution in [2.45, 2.75) is 83.2 Å². The van der Waals surface area contributed by atoms with E-state index >= 15 is 0 Å². The summed E-state index contributed by atoms with van der Waals surface area (Å²) in [6, 6.07) is 1.13. The lowest BCUT2D eigenvalue weighted by atomic mass is 9.68. The summed E-state index contributed by atoms with van der Waals surface area (Å²) < 4.78 is 0. The summed E-state index contributed by atoms with van der Waals surface area (Å²) in [7, 11) is 0. The molecule has 130 valence electrons. The van der Waals surface area contributed by atoms with Gasteiger partial charge in [-0.15, -0.1) is 0 Å². The molecule has 0 radical (unpaired) electrons. The Labute approximate surface area is 141 Å². The average molecular weight is 319 g/mol. The average Bonchev–Trinajstić information content (AvgIpc) is 2.99. The number of hydrogen-bond donors (Lipinski definition) is 0. The summed E-state index contributed by atoms with van der Waals surface area (Å²) >= 11 is 0. The lowest BCUT2D eigenvalue weighted by Gasteiger charge is -2.46. The van der Waals surface area contributed by atoms with Crippen LogP contribution in [0, 0.1) is 17.8 Å². The van der Waals surface area contributed by atoms with Crippen molar-refractivity contribution in [3.8, 4) is 0 Å². The highest BCUT2D eigenvalue weighted by atomic mass is 16.2. The molecule has 0 aromatic heterocycles. The van der Waals surface area contributed by atoms with E-state index in [0.717, 1.165) is 31.3 Å². The Balaban J connectivity index is 1.35. The third-order valence-electron chi connectivity index (χ3n) is 7.48. The van der Waals surface area contributed by atoms with Crippen LogP contribution in [0.2, 0.25) is 0 Å². The molecular weight excluding hydrogens is 284 g/mol. The van der Waals surface area contributed by atoms with Crippen molar-refractivity contribution in [2.24, 2.45) is 17.8 Å². The molecular formula is C20H34N2O. The van der Waals surface area contributed by atoms with Gasteiger partial charge in [0.25, 0.3) is 0 Å². The smallest absolute Gasteiger partial charge is 0.226 e. The summed E-state index contributed by atoms with van der Waals surface area (Å²) in [4.78, 5) is 18.1. The molecule has 0 aromatic rings. The second-order valence-corrected chi connectivity index (χ2v) is 8.65. The zero-order valence-corrected chi connectivity index (χ0v) is 14.9. The molecule has 3 nitrogen and oxygen atoms in total. The van der Waals surface area contributed by atoms with E-state index in [0.29, 0.717) is 23.9 Å². The number of rotatable bonds is 3. The van der Waals surface area contributed by atoms with Gasteiger partial charge in [-0.2, -0.15) is 0 Å². The Morgan fingerprint density at radius 3 is 2.30 bits per heavy atom. The van der Waals surface area contributed by atoms with Crippen molar-refractivity contribution < 1.29 is 4.79 Å². The van der Waals surface area contributed by atoms with Gasteiger partial charge < -0.3 is 4.90 Å². The highest BCUT2D eigenvalue weighted by molar-refractivity contribution is 5.79. The largest absolute Gasteiger partial charge is 0.337 e. The van der Waals surface area contributed by atoms with Crippen molar-refractivity contribution in [3.63, 3.8) is 0 Å². The maximum Gasteiger partial charge on any atom is 0.226 e. The number of fused-ring (bicyclic) bond motifs is 1. The maximum absolute atomic E-state index is 13.2. The van der Waals surface area contributed by atoms with Crippen molar-refractivity contribution in [1.29, 1.82) is 0 Å². The first-order valence-electron chi connectivity index (χ1n) is 10.3. The topological polar surface area (TPSA) is 23.6 Å². The van der Waals surface area contributed by atoms with Gasteiger partial charge in [0.15, 0.2) is 0 Å². The van der Waals surface area contributed by atoms with Gasteiger partial charge in [-0.1, -0.05) is 26.2 Å². The van der Waals surface area contributed by atoms with Crippen LogP contribution >= 0.6 is 0 Å². The first-order valence-corrected chi connectivity index (χ1v) is 10.3. The molecule has 0 bridgehead atoms. The highest BCUT2D eigenvalue weighted by Gasteiger charge is 2.41. The highest BCUT2D eigenvalue weighted by Crippen LogP contribution is 2.43. The van der Waals surface area contributed by atoms with Crippen LogP contribution in [0.25, 0.3) is 0 Å². The van der Waals surface area contributed by atoms with Gasteiger partial charge in [0.1, 0.15) is 0 Å². The third-order valence-corrected chi connectivity index (χ3v) is 7.48. The molecule has 0 spiro atoms. The van der Waals surface area contributed by atoms with Gasteiger partial charge in [-0.25, -0.2) is 0 Å². The van der Waals surface area contributed by atoms with Gasteiger partial charge in [0.2, 0.25) is 5.91 Å². The number of hydrogen-bond acceptors (Lipinski definition) is 2. The van der Waals surface area contributed by atoms with Crippen LogP contribution in [0.1, 0.15) is 71.1 Å². The van der Waals surface area contributed by atoms with Gasteiger partial charge in [-0.3, -0.25) is 9.69 Å². The minimum atomic E-state index is 0.341. The monoisotopic (exact) mass is 318 g/mol. The summed E-state index contributed by atoms with van der Waals surface area (Å²) in [5, 5.41) is 0. The van der Waals surface area contributed by atoms with Crippen molar-refractivity contribution in [2.75, 3.05) is 19.6 Å². The van der Waals surface area contributed by atoms with E-state index in [1.807, 2.05) is 0 Å². The second-order valence-electron chi connectivity index (χ2n) is 8.65. The van der Waals surface area contributed by atoms with Crippen LogP contribution in [-0.2, 0) is 4.79 Å². The second kappa shape index (κ2) is 6.74. The number of nitrogens with zero attached hydrogens (tertiary/aromatic N) is 2. The molecule has 2 saturated heterocycles. The Kier molecular flexibility index (Phi) is 4.67. The van der Waals surface area contributed by atoms with E-state index in [1.165, 1.54) is 64.3 Å². The fourth-order valence-electron chi connectivity index (χ4n) is 5.69. The quantitative estimate of drug-likeness (QED) is 0.792. The Bertz CT molecular complexity index is 425. The van der Waals surface area contributed by atoms with Crippen LogP contribution in [0.5, 0.6) is 0 Å². The molecule has 1 amide bonds. The molecule has 2 atom stereocenters. The summed E-state index contributed by atoms with van der Waals surface area (Å²) in [6.07, 6.45) is 13.1. The Morgan fingerprint density at radius 2 is 1.65 bits per heavy atom. The molecule has 23 heavy (non-hydrogen) atoms. The summed E-state index contributed by atoms with van der Waals surface area (Å²) in [5.74, 6) is 2.81. The molecule has 2 saturated carbocycles. The zero-order chi connectivity index (χ0) is 15.8.